The summed E-state index contributed by atoms with van der Waals surface area (Å²) in [5, 5.41) is 0. The third-order valence-corrected chi connectivity index (χ3v) is 4.45. The lowest BCUT2D eigenvalue weighted by atomic mass is 9.96. The van der Waals surface area contributed by atoms with Crippen molar-refractivity contribution in [3.63, 3.8) is 0 Å². The number of halogens is 1. The molecule has 0 saturated carbocycles. The lowest BCUT2D eigenvalue weighted by Gasteiger charge is -2.19. The van der Waals surface area contributed by atoms with Crippen molar-refractivity contribution in [1.29, 1.82) is 0 Å². The molecular formula is C20H16FNO4. The first kappa shape index (κ1) is 16.2. The highest BCUT2D eigenvalue weighted by molar-refractivity contribution is 6.00. The van der Waals surface area contributed by atoms with E-state index in [1.807, 2.05) is 24.3 Å². The van der Waals surface area contributed by atoms with Crippen LogP contribution < -0.4 is 9.47 Å². The van der Waals surface area contributed by atoms with Crippen molar-refractivity contribution in [3.05, 3.63) is 59.5 Å². The van der Waals surface area contributed by atoms with E-state index in [1.165, 1.54) is 32.4 Å². The van der Waals surface area contributed by atoms with E-state index in [-0.39, 0.29) is 12.3 Å². The van der Waals surface area contributed by atoms with E-state index in [4.69, 9.17) is 14.2 Å². The van der Waals surface area contributed by atoms with Crippen LogP contribution in [0.2, 0.25) is 0 Å². The van der Waals surface area contributed by atoms with Gasteiger partial charge in [-0.15, -0.1) is 0 Å². The Morgan fingerprint density at radius 1 is 1.15 bits per heavy atom. The van der Waals surface area contributed by atoms with Crippen molar-refractivity contribution in [2.24, 2.45) is 0 Å². The maximum atomic E-state index is 13.9. The average molecular weight is 353 g/mol. The van der Waals surface area contributed by atoms with Gasteiger partial charge in [0.25, 0.3) is 0 Å². The molecule has 2 heterocycles. The quantitative estimate of drug-likeness (QED) is 0.718. The van der Waals surface area contributed by atoms with Crippen molar-refractivity contribution in [2.45, 2.75) is 6.61 Å². The molecule has 26 heavy (non-hydrogen) atoms. The van der Waals surface area contributed by atoms with Crippen LogP contribution >= 0.6 is 0 Å². The molecule has 132 valence electrons. The summed E-state index contributed by atoms with van der Waals surface area (Å²) in [6.45, 7) is 0.245. The zero-order valence-corrected chi connectivity index (χ0v) is 14.3. The van der Waals surface area contributed by atoms with Gasteiger partial charge in [-0.3, -0.25) is 0 Å². The lowest BCUT2D eigenvalue weighted by molar-refractivity contribution is 0.0596. The average Bonchev–Trinajstić information content (AvgIpc) is 3.07. The van der Waals surface area contributed by atoms with Gasteiger partial charge in [0.15, 0.2) is 0 Å². The molecule has 0 amide bonds. The number of H-pyrrole nitrogens is 1. The Morgan fingerprint density at radius 3 is 2.73 bits per heavy atom. The van der Waals surface area contributed by atoms with E-state index in [9.17, 15) is 9.18 Å². The molecule has 5 nitrogen and oxygen atoms in total. The molecule has 3 aromatic rings. The summed E-state index contributed by atoms with van der Waals surface area (Å²) in [5.41, 5.74) is 3.58. The number of hydrogen-bond donors (Lipinski definition) is 1. The summed E-state index contributed by atoms with van der Waals surface area (Å²) in [7, 11) is 2.80. The van der Waals surface area contributed by atoms with Gasteiger partial charge in [-0.05, 0) is 30.3 Å². The fourth-order valence-electron chi connectivity index (χ4n) is 3.29. The SMILES string of the molecule is COC(=O)c1[nH]c2c(c1-c1cc(F)ccc1OC)COc1ccccc1-2. The van der Waals surface area contributed by atoms with Gasteiger partial charge in [-0.25, -0.2) is 9.18 Å². The molecule has 2 aromatic carbocycles. The molecule has 0 unspecified atom stereocenters. The number of esters is 1. The molecule has 0 fully saturated rings. The second kappa shape index (κ2) is 6.22. The van der Waals surface area contributed by atoms with Crippen LogP contribution in [0.25, 0.3) is 22.4 Å². The van der Waals surface area contributed by atoms with Crippen molar-refractivity contribution >= 4 is 5.97 Å². The summed E-state index contributed by atoms with van der Waals surface area (Å²) in [6, 6.07) is 11.7. The molecule has 0 atom stereocenters. The van der Waals surface area contributed by atoms with E-state index in [1.54, 1.807) is 0 Å². The Balaban J connectivity index is 2.03. The number of ether oxygens (including phenoxy) is 3. The standard InChI is InChI=1S/C20H16FNO4/c1-24-15-8-7-11(21)9-13(15)17-14-10-26-16-6-4-3-5-12(16)18(14)22-19(17)20(23)25-2/h3-9,22H,10H2,1-2H3. The first-order valence-corrected chi connectivity index (χ1v) is 8.03. The van der Waals surface area contributed by atoms with E-state index in [0.29, 0.717) is 16.9 Å². The van der Waals surface area contributed by atoms with Crippen LogP contribution in [0.4, 0.5) is 4.39 Å². The summed E-state index contributed by atoms with van der Waals surface area (Å²) in [5.74, 6) is 0.203. The van der Waals surface area contributed by atoms with Crippen molar-refractivity contribution < 1.29 is 23.4 Å². The summed E-state index contributed by atoms with van der Waals surface area (Å²) in [4.78, 5) is 15.5. The molecule has 0 aliphatic carbocycles. The van der Waals surface area contributed by atoms with Crippen molar-refractivity contribution in [3.8, 4) is 33.9 Å². The smallest absolute Gasteiger partial charge is 0.355 e. The Bertz CT molecular complexity index is 1010. The molecule has 1 N–H and O–H groups in total. The van der Waals surface area contributed by atoms with E-state index < -0.39 is 11.8 Å². The number of fused-ring (bicyclic) bond motifs is 3. The molecule has 1 aromatic heterocycles. The van der Waals surface area contributed by atoms with Crippen LogP contribution in [-0.2, 0) is 11.3 Å². The zero-order valence-electron chi connectivity index (χ0n) is 14.3. The number of para-hydroxylation sites is 1. The third-order valence-electron chi connectivity index (χ3n) is 4.45. The maximum absolute atomic E-state index is 13.9. The Kier molecular flexibility index (Phi) is 3.88. The van der Waals surface area contributed by atoms with Gasteiger partial charge in [0.2, 0.25) is 0 Å². The highest BCUT2D eigenvalue weighted by Gasteiger charge is 2.30. The van der Waals surface area contributed by atoms with Crippen molar-refractivity contribution in [2.75, 3.05) is 14.2 Å². The molecule has 6 heteroatoms. The lowest BCUT2D eigenvalue weighted by Crippen LogP contribution is -2.06. The first-order valence-electron chi connectivity index (χ1n) is 8.03. The van der Waals surface area contributed by atoms with Crippen LogP contribution in [0, 0.1) is 5.82 Å². The van der Waals surface area contributed by atoms with Gasteiger partial charge in [-0.2, -0.15) is 0 Å². The first-order chi connectivity index (χ1) is 12.6. The monoisotopic (exact) mass is 353 g/mol. The minimum atomic E-state index is -0.543. The molecule has 0 saturated heterocycles. The highest BCUT2D eigenvalue weighted by atomic mass is 19.1. The summed E-state index contributed by atoms with van der Waals surface area (Å²) in [6.07, 6.45) is 0. The predicted molar refractivity (Wildman–Crippen MR) is 93.8 cm³/mol. The minimum absolute atomic E-state index is 0.238. The van der Waals surface area contributed by atoms with Gasteiger partial charge in [0.05, 0.1) is 19.9 Å². The van der Waals surface area contributed by atoms with E-state index in [2.05, 4.69) is 4.98 Å². The third kappa shape index (κ3) is 2.42. The van der Waals surface area contributed by atoms with Gasteiger partial charge >= 0.3 is 5.97 Å². The van der Waals surface area contributed by atoms with Crippen LogP contribution in [0.5, 0.6) is 11.5 Å². The number of carbonyl (C=O) groups is 1. The second-order valence-corrected chi connectivity index (χ2v) is 5.85. The number of nitrogens with one attached hydrogen (secondary N) is 1. The molecule has 4 rings (SSSR count). The molecule has 0 radical (unpaired) electrons. The van der Waals surface area contributed by atoms with Crippen LogP contribution in [0.15, 0.2) is 42.5 Å². The van der Waals surface area contributed by atoms with Gasteiger partial charge in [0.1, 0.15) is 29.6 Å². The summed E-state index contributed by atoms with van der Waals surface area (Å²) < 4.78 is 30.1. The highest BCUT2D eigenvalue weighted by Crippen LogP contribution is 2.45. The number of methoxy groups -OCH3 is 2. The fourth-order valence-corrected chi connectivity index (χ4v) is 3.29. The van der Waals surface area contributed by atoms with Gasteiger partial charge in [-0.1, -0.05) is 12.1 Å². The Hall–Kier alpha value is -3.28. The van der Waals surface area contributed by atoms with E-state index >= 15 is 0 Å². The molecule has 0 bridgehead atoms. The molecular weight excluding hydrogens is 337 g/mol. The van der Waals surface area contributed by atoms with Crippen LogP contribution in [0.1, 0.15) is 16.1 Å². The largest absolute Gasteiger partial charge is 0.496 e. The fraction of sp³-hybridized carbons (Fsp3) is 0.150. The minimum Gasteiger partial charge on any atom is -0.496 e. The number of rotatable bonds is 3. The number of hydrogen-bond acceptors (Lipinski definition) is 4. The maximum Gasteiger partial charge on any atom is 0.355 e. The number of benzene rings is 2. The van der Waals surface area contributed by atoms with Crippen LogP contribution in [0.3, 0.4) is 0 Å². The molecule has 1 aliphatic heterocycles. The summed E-state index contributed by atoms with van der Waals surface area (Å²) >= 11 is 0. The molecule has 1 aliphatic rings. The Morgan fingerprint density at radius 2 is 1.96 bits per heavy atom. The molecule has 0 spiro atoms. The van der Waals surface area contributed by atoms with Crippen molar-refractivity contribution in [1.82, 2.24) is 4.98 Å². The van der Waals surface area contributed by atoms with E-state index in [0.717, 1.165) is 22.6 Å². The van der Waals surface area contributed by atoms with Gasteiger partial charge in [0, 0.05) is 22.3 Å². The Labute approximate surface area is 149 Å². The zero-order chi connectivity index (χ0) is 18.3. The topological polar surface area (TPSA) is 60.6 Å². The second-order valence-electron chi connectivity index (χ2n) is 5.85. The number of aromatic nitrogens is 1. The number of aromatic amines is 1. The van der Waals surface area contributed by atoms with Gasteiger partial charge < -0.3 is 19.2 Å². The number of carbonyl (C=O) groups excluding carboxylic acids is 1. The van der Waals surface area contributed by atoms with Crippen LogP contribution in [-0.4, -0.2) is 25.2 Å². The predicted octanol–water partition coefficient (Wildman–Crippen LogP) is 4.18. The normalized spacial score (nSPS) is 12.0.